The Kier molecular flexibility index (Phi) is 5.23. The number of hydrogen-bond acceptors (Lipinski definition) is 5. The van der Waals surface area contributed by atoms with E-state index in [0.717, 1.165) is 52.1 Å². The van der Waals surface area contributed by atoms with E-state index in [-0.39, 0.29) is 5.91 Å². The third-order valence-electron chi connectivity index (χ3n) is 3.39. The van der Waals surface area contributed by atoms with Crippen molar-refractivity contribution < 1.29 is 4.79 Å². The van der Waals surface area contributed by atoms with Crippen LogP contribution < -0.4 is 5.73 Å². The number of carbonyl (C=O) groups is 1. The van der Waals surface area contributed by atoms with Gasteiger partial charge in [-0.15, -0.1) is 0 Å². The molecule has 2 N–H and O–H groups in total. The van der Waals surface area contributed by atoms with Gasteiger partial charge < -0.3 is 15.5 Å². The van der Waals surface area contributed by atoms with Crippen molar-refractivity contribution in [3.05, 3.63) is 24.0 Å². The van der Waals surface area contributed by atoms with Crippen molar-refractivity contribution in [3.8, 4) is 0 Å². The van der Waals surface area contributed by atoms with Crippen LogP contribution in [0.5, 0.6) is 0 Å². The molecule has 0 bridgehead atoms. The first-order valence-electron chi connectivity index (χ1n) is 6.79. The summed E-state index contributed by atoms with van der Waals surface area (Å²) in [6.07, 6.45) is 5.11. The van der Waals surface area contributed by atoms with Crippen molar-refractivity contribution in [1.82, 2.24) is 20.0 Å². The molecule has 0 spiro atoms. The summed E-state index contributed by atoms with van der Waals surface area (Å²) in [6.45, 7) is 5.28. The van der Waals surface area contributed by atoms with Gasteiger partial charge in [0, 0.05) is 19.6 Å². The van der Waals surface area contributed by atoms with Gasteiger partial charge in [-0.1, -0.05) is 0 Å². The number of nitrogens with zero attached hydrogens (tertiary/aromatic N) is 4. The highest BCUT2D eigenvalue weighted by Crippen LogP contribution is 2.08. The van der Waals surface area contributed by atoms with Crippen molar-refractivity contribution in [1.29, 1.82) is 0 Å². The summed E-state index contributed by atoms with van der Waals surface area (Å²) >= 11 is 0. The average molecular weight is 263 g/mol. The zero-order valence-electron chi connectivity index (χ0n) is 11.2. The van der Waals surface area contributed by atoms with Gasteiger partial charge in [-0.05, 0) is 38.5 Å². The zero-order valence-corrected chi connectivity index (χ0v) is 11.2. The van der Waals surface area contributed by atoms with E-state index in [1.54, 1.807) is 12.3 Å². The third kappa shape index (κ3) is 3.97. The molecule has 2 heterocycles. The molecular formula is C13H21N5O. The Morgan fingerprint density at radius 2 is 2.16 bits per heavy atom. The quantitative estimate of drug-likeness (QED) is 0.826. The molecule has 1 aromatic heterocycles. The maximum Gasteiger partial charge on any atom is 0.255 e. The van der Waals surface area contributed by atoms with E-state index in [9.17, 15) is 4.79 Å². The number of carbonyl (C=O) groups excluding carboxylic acids is 1. The normalized spacial score (nSPS) is 17.2. The summed E-state index contributed by atoms with van der Waals surface area (Å²) in [5, 5.41) is 7.45. The maximum absolute atomic E-state index is 12.3. The SMILES string of the molecule is NCCCN1CCCN(C(=O)c2ccnnc2)CC1. The maximum atomic E-state index is 12.3. The van der Waals surface area contributed by atoms with Gasteiger partial charge in [0.05, 0.1) is 18.0 Å². The number of aromatic nitrogens is 2. The number of amides is 1. The van der Waals surface area contributed by atoms with Crippen molar-refractivity contribution in [3.63, 3.8) is 0 Å². The fourth-order valence-corrected chi connectivity index (χ4v) is 2.31. The fourth-order valence-electron chi connectivity index (χ4n) is 2.31. The molecule has 0 atom stereocenters. The molecule has 6 heteroatoms. The first-order chi connectivity index (χ1) is 9.31. The lowest BCUT2D eigenvalue weighted by molar-refractivity contribution is 0.0761. The molecule has 1 aliphatic heterocycles. The number of nitrogens with two attached hydrogens (primary N) is 1. The summed E-state index contributed by atoms with van der Waals surface area (Å²) < 4.78 is 0. The van der Waals surface area contributed by atoms with Crippen LogP contribution in [0.25, 0.3) is 0 Å². The standard InChI is InChI=1S/C13H21N5O/c14-4-1-6-17-7-2-8-18(10-9-17)13(19)12-3-5-15-16-11-12/h3,5,11H,1-2,4,6-10,14H2. The van der Waals surface area contributed by atoms with Crippen LogP contribution in [-0.4, -0.2) is 65.2 Å². The van der Waals surface area contributed by atoms with Gasteiger partial charge in [-0.25, -0.2) is 0 Å². The van der Waals surface area contributed by atoms with E-state index in [1.807, 2.05) is 4.90 Å². The van der Waals surface area contributed by atoms with Crippen LogP contribution in [0.1, 0.15) is 23.2 Å². The van der Waals surface area contributed by atoms with Gasteiger partial charge in [-0.3, -0.25) is 4.79 Å². The van der Waals surface area contributed by atoms with Crippen molar-refractivity contribution in [2.45, 2.75) is 12.8 Å². The topological polar surface area (TPSA) is 75.3 Å². The van der Waals surface area contributed by atoms with Crippen molar-refractivity contribution in [2.75, 3.05) is 39.3 Å². The molecular weight excluding hydrogens is 242 g/mol. The van der Waals surface area contributed by atoms with Gasteiger partial charge in [0.15, 0.2) is 0 Å². The molecule has 1 aliphatic rings. The molecule has 1 aromatic rings. The van der Waals surface area contributed by atoms with Gasteiger partial charge in [0.1, 0.15) is 0 Å². The van der Waals surface area contributed by atoms with Crippen LogP contribution in [0.4, 0.5) is 0 Å². The summed E-state index contributed by atoms with van der Waals surface area (Å²) in [4.78, 5) is 16.6. The van der Waals surface area contributed by atoms with Gasteiger partial charge in [0.2, 0.25) is 0 Å². The Morgan fingerprint density at radius 3 is 2.89 bits per heavy atom. The summed E-state index contributed by atoms with van der Waals surface area (Å²) in [5.41, 5.74) is 6.15. The fraction of sp³-hybridized carbons (Fsp3) is 0.615. The lowest BCUT2D eigenvalue weighted by atomic mass is 10.2. The highest BCUT2D eigenvalue weighted by molar-refractivity contribution is 5.93. The molecule has 1 amide bonds. The van der Waals surface area contributed by atoms with Crippen LogP contribution in [0.2, 0.25) is 0 Å². The summed E-state index contributed by atoms with van der Waals surface area (Å²) in [5.74, 6) is 0.0515. The Bertz CT molecular complexity index is 397. The minimum atomic E-state index is 0.0515. The molecule has 0 unspecified atom stereocenters. The second-order valence-corrected chi connectivity index (χ2v) is 4.76. The van der Waals surface area contributed by atoms with Crippen LogP contribution in [-0.2, 0) is 0 Å². The molecule has 0 saturated carbocycles. The molecule has 104 valence electrons. The monoisotopic (exact) mass is 263 g/mol. The Morgan fingerprint density at radius 1 is 1.26 bits per heavy atom. The van der Waals surface area contributed by atoms with Gasteiger partial charge in [-0.2, -0.15) is 10.2 Å². The van der Waals surface area contributed by atoms with Crippen LogP contribution in [0, 0.1) is 0 Å². The van der Waals surface area contributed by atoms with E-state index in [2.05, 4.69) is 15.1 Å². The second kappa shape index (κ2) is 7.16. The van der Waals surface area contributed by atoms with E-state index in [0.29, 0.717) is 5.56 Å². The first kappa shape index (κ1) is 13.9. The average Bonchev–Trinajstić information content (AvgIpc) is 2.71. The minimum absolute atomic E-state index is 0.0515. The third-order valence-corrected chi connectivity index (χ3v) is 3.39. The molecule has 2 rings (SSSR count). The van der Waals surface area contributed by atoms with Crippen LogP contribution >= 0.6 is 0 Å². The highest BCUT2D eigenvalue weighted by atomic mass is 16.2. The zero-order chi connectivity index (χ0) is 13.5. The molecule has 1 fully saturated rings. The first-order valence-corrected chi connectivity index (χ1v) is 6.79. The molecule has 1 saturated heterocycles. The number of hydrogen-bond donors (Lipinski definition) is 1. The summed E-state index contributed by atoms with van der Waals surface area (Å²) in [7, 11) is 0. The molecule has 19 heavy (non-hydrogen) atoms. The Balaban J connectivity index is 1.90. The highest BCUT2D eigenvalue weighted by Gasteiger charge is 2.20. The number of rotatable bonds is 4. The van der Waals surface area contributed by atoms with Crippen LogP contribution in [0.15, 0.2) is 18.5 Å². The molecule has 0 aliphatic carbocycles. The van der Waals surface area contributed by atoms with Gasteiger partial charge >= 0.3 is 0 Å². The van der Waals surface area contributed by atoms with E-state index in [4.69, 9.17) is 5.73 Å². The Labute approximate surface area is 113 Å². The minimum Gasteiger partial charge on any atom is -0.337 e. The second-order valence-electron chi connectivity index (χ2n) is 4.76. The van der Waals surface area contributed by atoms with Crippen molar-refractivity contribution in [2.24, 2.45) is 5.73 Å². The molecule has 0 aromatic carbocycles. The molecule has 6 nitrogen and oxygen atoms in total. The lowest BCUT2D eigenvalue weighted by Crippen LogP contribution is -2.35. The Hall–Kier alpha value is -1.53. The lowest BCUT2D eigenvalue weighted by Gasteiger charge is -2.21. The summed E-state index contributed by atoms with van der Waals surface area (Å²) in [6, 6.07) is 1.71. The molecule has 0 radical (unpaired) electrons. The van der Waals surface area contributed by atoms with Gasteiger partial charge in [0.25, 0.3) is 5.91 Å². The largest absolute Gasteiger partial charge is 0.337 e. The van der Waals surface area contributed by atoms with E-state index in [1.165, 1.54) is 6.20 Å². The van der Waals surface area contributed by atoms with E-state index >= 15 is 0 Å². The predicted octanol–water partition coefficient (Wildman–Crippen LogP) is -0.0267. The predicted molar refractivity (Wildman–Crippen MR) is 72.7 cm³/mol. The van der Waals surface area contributed by atoms with Crippen LogP contribution in [0.3, 0.4) is 0 Å². The van der Waals surface area contributed by atoms with E-state index < -0.39 is 0 Å². The smallest absolute Gasteiger partial charge is 0.255 e. The van der Waals surface area contributed by atoms with Crippen molar-refractivity contribution >= 4 is 5.91 Å².